The zero-order valence-corrected chi connectivity index (χ0v) is 17.7. The highest BCUT2D eigenvalue weighted by Crippen LogP contribution is 2.29. The standard InChI is InChI=1S/C22H14N6O4S/c29-27(30)16-9-5-14(6-10-16)13-33-22-23-19-4-2-1-3-18(19)21-24-20(25-26(21)22)15-7-11-17(12-8-15)28(31)32/h1-12H,13H2. The van der Waals surface area contributed by atoms with E-state index in [4.69, 9.17) is 4.98 Å². The number of hydrogen-bond acceptors (Lipinski definition) is 8. The maximum Gasteiger partial charge on any atom is 0.269 e. The predicted molar refractivity (Wildman–Crippen MR) is 123 cm³/mol. The molecule has 0 aliphatic rings. The lowest BCUT2D eigenvalue weighted by atomic mass is 10.2. The lowest BCUT2D eigenvalue weighted by molar-refractivity contribution is -0.385. The summed E-state index contributed by atoms with van der Waals surface area (Å²) in [6.45, 7) is 0. The van der Waals surface area contributed by atoms with Crippen LogP contribution in [-0.2, 0) is 5.75 Å². The van der Waals surface area contributed by atoms with Crippen LogP contribution in [0, 0.1) is 20.2 Å². The third-order valence-corrected chi connectivity index (χ3v) is 6.00. The average Bonchev–Trinajstić information content (AvgIpc) is 3.29. The minimum absolute atomic E-state index is 0.00558. The van der Waals surface area contributed by atoms with E-state index in [9.17, 15) is 20.2 Å². The summed E-state index contributed by atoms with van der Waals surface area (Å²) in [5.41, 5.74) is 2.98. The van der Waals surface area contributed by atoms with Crippen LogP contribution in [0.2, 0.25) is 0 Å². The zero-order valence-electron chi connectivity index (χ0n) is 16.9. The van der Waals surface area contributed by atoms with Gasteiger partial charge in [-0.3, -0.25) is 20.2 Å². The minimum Gasteiger partial charge on any atom is -0.258 e. The molecule has 0 amide bonds. The molecule has 0 spiro atoms. The molecule has 5 aromatic rings. The normalized spacial score (nSPS) is 11.2. The van der Waals surface area contributed by atoms with E-state index in [0.717, 1.165) is 16.5 Å². The fourth-order valence-electron chi connectivity index (χ4n) is 3.34. The number of thioether (sulfide) groups is 1. The first-order chi connectivity index (χ1) is 16.0. The van der Waals surface area contributed by atoms with Crippen molar-refractivity contribution < 1.29 is 9.85 Å². The van der Waals surface area contributed by atoms with Gasteiger partial charge in [0.15, 0.2) is 16.6 Å². The highest BCUT2D eigenvalue weighted by atomic mass is 32.2. The first-order valence-electron chi connectivity index (χ1n) is 9.76. The molecule has 10 nitrogen and oxygen atoms in total. The number of nitro benzene ring substituents is 2. The molecule has 5 rings (SSSR count). The van der Waals surface area contributed by atoms with Gasteiger partial charge in [0, 0.05) is 41.0 Å². The molecule has 2 aromatic heterocycles. The van der Waals surface area contributed by atoms with Crippen LogP contribution >= 0.6 is 11.8 Å². The molecule has 162 valence electrons. The lowest BCUT2D eigenvalue weighted by Gasteiger charge is -2.06. The molecule has 2 heterocycles. The molecule has 33 heavy (non-hydrogen) atoms. The molecular formula is C22H14N6O4S. The van der Waals surface area contributed by atoms with Crippen LogP contribution in [0.4, 0.5) is 11.4 Å². The molecule has 3 aromatic carbocycles. The van der Waals surface area contributed by atoms with E-state index in [1.807, 2.05) is 24.3 Å². The van der Waals surface area contributed by atoms with Crippen LogP contribution < -0.4 is 0 Å². The quantitative estimate of drug-likeness (QED) is 0.149. The van der Waals surface area contributed by atoms with Crippen molar-refractivity contribution in [1.29, 1.82) is 0 Å². The molecule has 0 saturated carbocycles. The van der Waals surface area contributed by atoms with Gasteiger partial charge in [0.2, 0.25) is 0 Å². The summed E-state index contributed by atoms with van der Waals surface area (Å²) in [5.74, 6) is 0.964. The van der Waals surface area contributed by atoms with E-state index in [-0.39, 0.29) is 11.4 Å². The molecule has 0 radical (unpaired) electrons. The molecule has 0 bridgehead atoms. The van der Waals surface area contributed by atoms with Crippen LogP contribution in [0.5, 0.6) is 0 Å². The second-order valence-corrected chi connectivity index (χ2v) is 8.04. The van der Waals surface area contributed by atoms with E-state index in [1.54, 1.807) is 28.8 Å². The maximum absolute atomic E-state index is 10.9. The van der Waals surface area contributed by atoms with Gasteiger partial charge in [0.05, 0.1) is 15.4 Å². The molecule has 0 unspecified atom stereocenters. The van der Waals surface area contributed by atoms with E-state index < -0.39 is 9.85 Å². The Morgan fingerprint density at radius 3 is 2.12 bits per heavy atom. The zero-order chi connectivity index (χ0) is 22.9. The molecule has 0 aliphatic carbocycles. The molecule has 0 fully saturated rings. The highest BCUT2D eigenvalue weighted by Gasteiger charge is 2.16. The largest absolute Gasteiger partial charge is 0.269 e. The van der Waals surface area contributed by atoms with Crippen molar-refractivity contribution in [2.24, 2.45) is 0 Å². The van der Waals surface area contributed by atoms with Crippen molar-refractivity contribution in [3.8, 4) is 11.4 Å². The summed E-state index contributed by atoms with van der Waals surface area (Å²) in [6, 6.07) is 20.0. The first kappa shape index (κ1) is 20.5. The molecular weight excluding hydrogens is 444 g/mol. The summed E-state index contributed by atoms with van der Waals surface area (Å²) < 4.78 is 1.66. The Labute approximate surface area is 190 Å². The Hall–Kier alpha value is -4.38. The number of nitrogens with zero attached hydrogens (tertiary/aromatic N) is 6. The molecule has 0 N–H and O–H groups in total. The van der Waals surface area contributed by atoms with Crippen LogP contribution in [0.25, 0.3) is 27.9 Å². The SMILES string of the molecule is O=[N+]([O-])c1ccc(CSc2nc3ccccc3c3nc(-c4ccc([N+](=O)[O-])cc4)nn23)cc1. The number of non-ortho nitro benzene ring substituents is 2. The molecule has 0 saturated heterocycles. The minimum atomic E-state index is -0.453. The second-order valence-electron chi connectivity index (χ2n) is 7.10. The number of benzene rings is 3. The van der Waals surface area contributed by atoms with Crippen LogP contribution in [0.15, 0.2) is 78.0 Å². The van der Waals surface area contributed by atoms with Gasteiger partial charge in [-0.15, -0.1) is 5.10 Å². The maximum atomic E-state index is 10.9. The number of para-hydroxylation sites is 1. The lowest BCUT2D eigenvalue weighted by Crippen LogP contribution is -1.98. The Kier molecular flexibility index (Phi) is 5.15. The monoisotopic (exact) mass is 458 g/mol. The number of rotatable bonds is 6. The summed E-state index contributed by atoms with van der Waals surface area (Å²) in [6.07, 6.45) is 0. The molecule has 0 atom stereocenters. The van der Waals surface area contributed by atoms with Crippen molar-refractivity contribution >= 4 is 39.7 Å². The van der Waals surface area contributed by atoms with Crippen LogP contribution in [0.3, 0.4) is 0 Å². The van der Waals surface area contributed by atoms with Crippen LogP contribution in [0.1, 0.15) is 5.56 Å². The van der Waals surface area contributed by atoms with Crippen molar-refractivity contribution in [3.05, 3.63) is 98.6 Å². The highest BCUT2D eigenvalue weighted by molar-refractivity contribution is 7.98. The Bertz CT molecular complexity index is 1520. The molecule has 11 heteroatoms. The van der Waals surface area contributed by atoms with E-state index in [1.165, 1.54) is 36.0 Å². The third-order valence-electron chi connectivity index (χ3n) is 5.00. The van der Waals surface area contributed by atoms with Crippen LogP contribution in [-0.4, -0.2) is 29.4 Å². The van der Waals surface area contributed by atoms with Crippen molar-refractivity contribution in [3.63, 3.8) is 0 Å². The van der Waals surface area contributed by atoms with E-state index >= 15 is 0 Å². The summed E-state index contributed by atoms with van der Waals surface area (Å²) in [4.78, 5) is 30.4. The number of hydrogen-bond donors (Lipinski definition) is 0. The number of aromatic nitrogens is 4. The Morgan fingerprint density at radius 1 is 0.818 bits per heavy atom. The van der Waals surface area contributed by atoms with Gasteiger partial charge < -0.3 is 0 Å². The Morgan fingerprint density at radius 2 is 1.45 bits per heavy atom. The van der Waals surface area contributed by atoms with Gasteiger partial charge >= 0.3 is 0 Å². The molecule has 0 aliphatic heterocycles. The fraction of sp³-hybridized carbons (Fsp3) is 0.0455. The fourth-order valence-corrected chi connectivity index (χ4v) is 4.24. The van der Waals surface area contributed by atoms with Gasteiger partial charge in [-0.1, -0.05) is 36.0 Å². The van der Waals surface area contributed by atoms with Gasteiger partial charge in [-0.25, -0.2) is 9.97 Å². The third kappa shape index (κ3) is 3.96. The first-order valence-corrected chi connectivity index (χ1v) is 10.7. The summed E-state index contributed by atoms with van der Waals surface area (Å²) in [7, 11) is 0. The van der Waals surface area contributed by atoms with Crippen molar-refractivity contribution in [1.82, 2.24) is 19.6 Å². The van der Waals surface area contributed by atoms with Gasteiger partial charge in [-0.05, 0) is 29.8 Å². The van der Waals surface area contributed by atoms with Gasteiger partial charge in [-0.2, -0.15) is 4.52 Å². The topological polar surface area (TPSA) is 129 Å². The second kappa shape index (κ2) is 8.28. The number of nitro groups is 2. The van der Waals surface area contributed by atoms with Crippen molar-refractivity contribution in [2.45, 2.75) is 10.9 Å². The van der Waals surface area contributed by atoms with Crippen molar-refractivity contribution in [2.75, 3.05) is 0 Å². The Balaban J connectivity index is 1.54. The van der Waals surface area contributed by atoms with E-state index in [0.29, 0.717) is 27.9 Å². The van der Waals surface area contributed by atoms with Gasteiger partial charge in [0.1, 0.15) is 0 Å². The summed E-state index contributed by atoms with van der Waals surface area (Å²) >= 11 is 1.44. The predicted octanol–water partition coefficient (Wildman–Crippen LogP) is 5.05. The van der Waals surface area contributed by atoms with E-state index in [2.05, 4.69) is 10.1 Å². The summed E-state index contributed by atoms with van der Waals surface area (Å²) in [5, 5.41) is 27.9. The van der Waals surface area contributed by atoms with Gasteiger partial charge in [0.25, 0.3) is 11.4 Å². The number of fused-ring (bicyclic) bond motifs is 3. The smallest absolute Gasteiger partial charge is 0.258 e. The average molecular weight is 458 g/mol.